The molecular formula is C22H18ClN7O2. The highest BCUT2D eigenvalue weighted by atomic mass is 35.5. The number of para-hydroxylation sites is 1. The molecule has 0 radical (unpaired) electrons. The van der Waals surface area contributed by atoms with E-state index < -0.39 is 0 Å². The van der Waals surface area contributed by atoms with Gasteiger partial charge >= 0.3 is 5.69 Å². The summed E-state index contributed by atoms with van der Waals surface area (Å²) in [4.78, 5) is 17.1. The maximum absolute atomic E-state index is 12.7. The Morgan fingerprint density at radius 3 is 2.72 bits per heavy atom. The first-order valence-electron chi connectivity index (χ1n) is 9.83. The van der Waals surface area contributed by atoms with Crippen LogP contribution in [0.3, 0.4) is 0 Å². The zero-order valence-electron chi connectivity index (χ0n) is 17.1. The molecule has 5 rings (SSSR count). The summed E-state index contributed by atoms with van der Waals surface area (Å²) in [6.07, 6.45) is 3.27. The molecule has 0 spiro atoms. The third-order valence-electron chi connectivity index (χ3n) is 5.04. The Kier molecular flexibility index (Phi) is 5.16. The van der Waals surface area contributed by atoms with Crippen molar-refractivity contribution >= 4 is 22.5 Å². The molecular weight excluding hydrogens is 430 g/mol. The van der Waals surface area contributed by atoms with Crippen molar-refractivity contribution < 1.29 is 4.74 Å². The van der Waals surface area contributed by atoms with Crippen LogP contribution in [0.5, 0.6) is 5.75 Å². The topological polar surface area (TPSA) is 92.7 Å². The van der Waals surface area contributed by atoms with Gasteiger partial charge in [-0.2, -0.15) is 9.78 Å². The minimum atomic E-state index is -0.247. The molecule has 0 saturated carbocycles. The number of benzene rings is 2. The van der Waals surface area contributed by atoms with Crippen LogP contribution in [-0.4, -0.2) is 41.4 Å². The van der Waals surface area contributed by atoms with Gasteiger partial charge in [-0.1, -0.05) is 35.0 Å². The first-order valence-corrected chi connectivity index (χ1v) is 10.2. The molecule has 0 atom stereocenters. The molecule has 3 aromatic heterocycles. The van der Waals surface area contributed by atoms with Crippen molar-refractivity contribution in [3.8, 4) is 11.4 Å². The van der Waals surface area contributed by atoms with E-state index in [1.807, 2.05) is 54.6 Å². The lowest BCUT2D eigenvalue weighted by Gasteiger charge is -2.07. The number of pyridine rings is 1. The second kappa shape index (κ2) is 8.27. The molecule has 10 heteroatoms. The smallest absolute Gasteiger partial charge is 0.350 e. The van der Waals surface area contributed by atoms with Crippen LogP contribution in [0.4, 0.5) is 0 Å². The van der Waals surface area contributed by atoms with Gasteiger partial charge in [-0.15, -0.1) is 5.10 Å². The van der Waals surface area contributed by atoms with Crippen molar-refractivity contribution in [1.82, 2.24) is 34.3 Å². The van der Waals surface area contributed by atoms with E-state index in [0.29, 0.717) is 23.1 Å². The van der Waals surface area contributed by atoms with Crippen molar-refractivity contribution in [3.05, 3.63) is 94.0 Å². The van der Waals surface area contributed by atoms with Crippen LogP contribution in [-0.2, 0) is 13.1 Å². The van der Waals surface area contributed by atoms with E-state index in [4.69, 9.17) is 16.3 Å². The predicted octanol–water partition coefficient (Wildman–Crippen LogP) is 2.93. The Morgan fingerprint density at radius 2 is 1.91 bits per heavy atom. The van der Waals surface area contributed by atoms with Crippen molar-refractivity contribution in [2.75, 3.05) is 7.11 Å². The van der Waals surface area contributed by atoms with Crippen LogP contribution in [0.15, 0.2) is 71.9 Å². The number of hydrogen-bond acceptors (Lipinski definition) is 6. The Morgan fingerprint density at radius 1 is 1.06 bits per heavy atom. The number of halogens is 1. The Labute approximate surface area is 187 Å². The van der Waals surface area contributed by atoms with Crippen LogP contribution in [0.2, 0.25) is 5.15 Å². The summed E-state index contributed by atoms with van der Waals surface area (Å²) in [5, 5.41) is 13.9. The fourth-order valence-electron chi connectivity index (χ4n) is 3.43. The van der Waals surface area contributed by atoms with Crippen molar-refractivity contribution in [2.24, 2.45) is 0 Å². The summed E-state index contributed by atoms with van der Waals surface area (Å²) in [5.74, 6) is 0.723. The number of fused-ring (bicyclic) bond motifs is 1. The number of hydrogen-bond donors (Lipinski definition) is 0. The van der Waals surface area contributed by atoms with Crippen LogP contribution in [0, 0.1) is 0 Å². The Balaban J connectivity index is 1.35. The normalized spacial score (nSPS) is 11.2. The van der Waals surface area contributed by atoms with Gasteiger partial charge in [0.25, 0.3) is 0 Å². The van der Waals surface area contributed by atoms with E-state index in [2.05, 4.69) is 20.4 Å². The van der Waals surface area contributed by atoms with Crippen LogP contribution in [0.25, 0.3) is 16.6 Å². The third-order valence-corrected chi connectivity index (χ3v) is 5.36. The molecule has 0 aliphatic carbocycles. The van der Waals surface area contributed by atoms with E-state index in [0.717, 1.165) is 22.2 Å². The molecule has 0 aliphatic heterocycles. The number of nitrogens with zero attached hydrogens (tertiary/aromatic N) is 7. The van der Waals surface area contributed by atoms with Gasteiger partial charge in [0.2, 0.25) is 0 Å². The summed E-state index contributed by atoms with van der Waals surface area (Å²) in [5.41, 5.74) is 2.66. The molecule has 0 unspecified atom stereocenters. The molecule has 0 aliphatic rings. The van der Waals surface area contributed by atoms with Gasteiger partial charge in [0.05, 0.1) is 37.6 Å². The van der Waals surface area contributed by atoms with Gasteiger partial charge in [-0.3, -0.25) is 4.57 Å². The average Bonchev–Trinajstić information content (AvgIpc) is 3.41. The zero-order valence-corrected chi connectivity index (χ0v) is 17.8. The summed E-state index contributed by atoms with van der Waals surface area (Å²) in [6.45, 7) is 0.661. The average molecular weight is 448 g/mol. The number of ether oxygens (including phenoxy) is 1. The summed E-state index contributed by atoms with van der Waals surface area (Å²) in [6, 6.07) is 16.9. The highest BCUT2D eigenvalue weighted by molar-refractivity contribution is 6.30. The van der Waals surface area contributed by atoms with Crippen LogP contribution in [0.1, 0.15) is 11.3 Å². The number of methoxy groups -OCH3 is 1. The second-order valence-electron chi connectivity index (χ2n) is 7.19. The first-order chi connectivity index (χ1) is 15.6. The fraction of sp³-hybridized carbons (Fsp3) is 0.136. The maximum atomic E-state index is 12.7. The largest absolute Gasteiger partial charge is 0.497 e. The molecule has 0 fully saturated rings. The summed E-state index contributed by atoms with van der Waals surface area (Å²) in [7, 11) is 1.61. The summed E-state index contributed by atoms with van der Waals surface area (Å²) < 4.78 is 9.74. The second-order valence-corrected chi connectivity index (χ2v) is 7.55. The highest BCUT2D eigenvalue weighted by Crippen LogP contribution is 2.24. The quantitative estimate of drug-likeness (QED) is 0.371. The van der Waals surface area contributed by atoms with Crippen molar-refractivity contribution in [2.45, 2.75) is 13.1 Å². The van der Waals surface area contributed by atoms with Crippen LogP contribution >= 0.6 is 11.6 Å². The SMILES string of the molecule is COc1ccc2cc(Cn3cc(Cn4cnn(-c5ccccc5)c4=O)nn3)c(Cl)nc2c1. The Bertz CT molecular complexity index is 1460. The standard InChI is InChI=1S/C22H18ClN7O2/c1-32-19-8-7-15-9-16(21(23)25-20(15)10-19)11-29-13-17(26-27-29)12-28-14-24-30(22(28)31)18-5-3-2-4-6-18/h2-10,13-14H,11-12H2,1H3. The lowest BCUT2D eigenvalue weighted by atomic mass is 10.1. The minimum absolute atomic E-state index is 0.247. The van der Waals surface area contributed by atoms with Gasteiger partial charge in [-0.05, 0) is 30.3 Å². The highest BCUT2D eigenvalue weighted by Gasteiger charge is 2.11. The van der Waals surface area contributed by atoms with E-state index in [1.165, 1.54) is 15.6 Å². The van der Waals surface area contributed by atoms with Crippen LogP contribution < -0.4 is 10.4 Å². The van der Waals surface area contributed by atoms with E-state index in [9.17, 15) is 4.79 Å². The molecule has 32 heavy (non-hydrogen) atoms. The number of aromatic nitrogens is 7. The molecule has 160 valence electrons. The molecule has 0 amide bonds. The lowest BCUT2D eigenvalue weighted by Crippen LogP contribution is -2.24. The van der Waals surface area contributed by atoms with Gasteiger partial charge in [0.1, 0.15) is 22.9 Å². The van der Waals surface area contributed by atoms with E-state index in [-0.39, 0.29) is 12.2 Å². The van der Waals surface area contributed by atoms with Gasteiger partial charge in [-0.25, -0.2) is 14.5 Å². The third kappa shape index (κ3) is 3.85. The molecule has 3 heterocycles. The number of rotatable bonds is 6. The monoisotopic (exact) mass is 447 g/mol. The molecule has 9 nitrogen and oxygen atoms in total. The first kappa shape index (κ1) is 20.0. The fourth-order valence-corrected chi connectivity index (χ4v) is 3.64. The van der Waals surface area contributed by atoms with Crippen molar-refractivity contribution in [3.63, 3.8) is 0 Å². The summed E-state index contributed by atoms with van der Waals surface area (Å²) >= 11 is 6.40. The maximum Gasteiger partial charge on any atom is 0.350 e. The zero-order chi connectivity index (χ0) is 22.1. The molecule has 5 aromatic rings. The Hall–Kier alpha value is -3.98. The molecule has 2 aromatic carbocycles. The molecule has 0 N–H and O–H groups in total. The molecule has 0 saturated heterocycles. The predicted molar refractivity (Wildman–Crippen MR) is 119 cm³/mol. The van der Waals surface area contributed by atoms with Gasteiger partial charge in [0.15, 0.2) is 0 Å². The van der Waals surface area contributed by atoms with Crippen molar-refractivity contribution in [1.29, 1.82) is 0 Å². The minimum Gasteiger partial charge on any atom is -0.497 e. The van der Waals surface area contributed by atoms with E-state index in [1.54, 1.807) is 18.0 Å². The van der Waals surface area contributed by atoms with Gasteiger partial charge < -0.3 is 4.74 Å². The lowest BCUT2D eigenvalue weighted by molar-refractivity contribution is 0.415. The van der Waals surface area contributed by atoms with E-state index >= 15 is 0 Å². The molecule has 0 bridgehead atoms. The van der Waals surface area contributed by atoms with Gasteiger partial charge in [0, 0.05) is 17.0 Å².